The van der Waals surface area contributed by atoms with E-state index in [0.717, 1.165) is 5.39 Å². The number of ether oxygens (including phenoxy) is 2. The van der Waals surface area contributed by atoms with Gasteiger partial charge in [-0.3, -0.25) is 9.59 Å². The van der Waals surface area contributed by atoms with Crippen LogP contribution in [0.15, 0.2) is 73.1 Å². The smallest absolute Gasteiger partial charge is 0.252 e. The number of ketones is 1. The van der Waals surface area contributed by atoms with E-state index in [1.807, 2.05) is 0 Å². The highest BCUT2D eigenvalue weighted by atomic mass is 35.5. The Bertz CT molecular complexity index is 1710. The minimum Gasteiger partial charge on any atom is -0.485 e. The molecule has 0 saturated heterocycles. The van der Waals surface area contributed by atoms with Crippen LogP contribution in [0, 0.1) is 0 Å². The summed E-state index contributed by atoms with van der Waals surface area (Å²) in [5.74, 6) is -0.0549. The number of rotatable bonds is 11. The first-order valence-corrected chi connectivity index (χ1v) is 12.8. The molecule has 0 aliphatic heterocycles. The highest BCUT2D eigenvalue weighted by Crippen LogP contribution is 2.31. The van der Waals surface area contributed by atoms with E-state index in [-0.39, 0.29) is 36.7 Å². The number of fused-ring (bicyclic) bond motifs is 2. The minimum atomic E-state index is -0.908. The SMILES string of the molecule is NC(=O)c1cc2cc(Cl)ccc2cc1OCC(=O)c1cn(CC[C@@H](O)CO)c2cc(Oc3cccnn3)ccc12. The molecule has 0 aliphatic carbocycles. The molecule has 3 aromatic carbocycles. The average molecular weight is 561 g/mol. The van der Waals surface area contributed by atoms with E-state index in [4.69, 9.17) is 26.8 Å². The maximum Gasteiger partial charge on any atom is 0.252 e. The fourth-order valence-electron chi connectivity index (χ4n) is 4.37. The highest BCUT2D eigenvalue weighted by Gasteiger charge is 2.19. The Labute approximate surface area is 233 Å². The number of hydrogen-bond acceptors (Lipinski definition) is 8. The van der Waals surface area contributed by atoms with Crippen LogP contribution in [0.3, 0.4) is 0 Å². The third kappa shape index (κ3) is 5.89. The number of primary amides is 1. The summed E-state index contributed by atoms with van der Waals surface area (Å²) in [5, 5.41) is 29.5. The molecular weight excluding hydrogens is 536 g/mol. The molecule has 0 spiro atoms. The van der Waals surface area contributed by atoms with E-state index in [0.29, 0.717) is 45.0 Å². The van der Waals surface area contributed by atoms with E-state index in [9.17, 15) is 19.8 Å². The van der Waals surface area contributed by atoms with Gasteiger partial charge in [-0.15, -0.1) is 5.10 Å². The number of halogens is 1. The van der Waals surface area contributed by atoms with Crippen molar-refractivity contribution >= 4 is 45.0 Å². The van der Waals surface area contributed by atoms with Crippen LogP contribution in [0.1, 0.15) is 27.1 Å². The normalized spacial score (nSPS) is 12.0. The Hall–Kier alpha value is -4.51. The first kappa shape index (κ1) is 27.1. The Morgan fingerprint density at radius 2 is 1.90 bits per heavy atom. The first-order chi connectivity index (χ1) is 19.3. The number of Topliss-reactive ketones (excluding diaryl/α,β-unsaturated/α-hetero) is 1. The Kier molecular flexibility index (Phi) is 7.92. The summed E-state index contributed by atoms with van der Waals surface area (Å²) in [4.78, 5) is 25.5. The van der Waals surface area contributed by atoms with Gasteiger partial charge in [-0.25, -0.2) is 0 Å². The van der Waals surface area contributed by atoms with E-state index < -0.39 is 12.0 Å². The predicted molar refractivity (Wildman–Crippen MR) is 149 cm³/mol. The number of carbonyl (C=O) groups is 2. The molecule has 0 fully saturated rings. The molecule has 204 valence electrons. The summed E-state index contributed by atoms with van der Waals surface area (Å²) in [6, 6.07) is 17.0. The molecule has 1 amide bonds. The molecular formula is C29H25ClN4O6. The molecule has 11 heteroatoms. The number of carbonyl (C=O) groups excluding carboxylic acids is 2. The van der Waals surface area contributed by atoms with Crippen molar-refractivity contribution in [2.24, 2.45) is 5.73 Å². The molecule has 0 unspecified atom stereocenters. The zero-order chi connectivity index (χ0) is 28.2. The fourth-order valence-corrected chi connectivity index (χ4v) is 4.55. The Morgan fingerprint density at radius 1 is 1.05 bits per heavy atom. The van der Waals surface area contributed by atoms with Crippen molar-refractivity contribution in [1.82, 2.24) is 14.8 Å². The summed E-state index contributed by atoms with van der Waals surface area (Å²) in [5.41, 5.74) is 6.77. The van der Waals surface area contributed by atoms with Crippen LogP contribution in [-0.4, -0.2) is 56.0 Å². The van der Waals surface area contributed by atoms with Crippen molar-refractivity contribution < 1.29 is 29.3 Å². The number of amides is 1. The number of benzene rings is 3. The van der Waals surface area contributed by atoms with Crippen molar-refractivity contribution in [1.29, 1.82) is 0 Å². The van der Waals surface area contributed by atoms with Gasteiger partial charge in [-0.1, -0.05) is 17.7 Å². The van der Waals surface area contributed by atoms with Gasteiger partial charge < -0.3 is 30.0 Å². The molecule has 40 heavy (non-hydrogen) atoms. The zero-order valence-corrected chi connectivity index (χ0v) is 21.9. The van der Waals surface area contributed by atoms with Gasteiger partial charge in [0.05, 0.1) is 23.8 Å². The summed E-state index contributed by atoms with van der Waals surface area (Å²) >= 11 is 6.07. The number of aromatic nitrogens is 3. The molecule has 4 N–H and O–H groups in total. The van der Waals surface area contributed by atoms with Crippen molar-refractivity contribution in [2.45, 2.75) is 19.1 Å². The van der Waals surface area contributed by atoms with Gasteiger partial charge in [0, 0.05) is 47.0 Å². The van der Waals surface area contributed by atoms with Gasteiger partial charge in [-0.05, 0) is 59.7 Å². The second-order valence-electron chi connectivity index (χ2n) is 9.12. The molecule has 0 bridgehead atoms. The predicted octanol–water partition coefficient (Wildman–Crippen LogP) is 4.13. The maximum atomic E-state index is 13.4. The number of nitrogens with zero attached hydrogens (tertiary/aromatic N) is 3. The highest BCUT2D eigenvalue weighted by molar-refractivity contribution is 6.31. The molecule has 5 rings (SSSR count). The maximum absolute atomic E-state index is 13.4. The number of hydrogen-bond donors (Lipinski definition) is 3. The second kappa shape index (κ2) is 11.7. The van der Waals surface area contributed by atoms with Crippen LogP contribution >= 0.6 is 11.6 Å². The second-order valence-corrected chi connectivity index (χ2v) is 9.56. The van der Waals surface area contributed by atoms with Crippen molar-refractivity contribution in [3.05, 3.63) is 89.2 Å². The minimum absolute atomic E-state index is 0.133. The lowest BCUT2D eigenvalue weighted by molar-refractivity contribution is 0.0849. The van der Waals surface area contributed by atoms with Crippen molar-refractivity contribution in [2.75, 3.05) is 13.2 Å². The zero-order valence-electron chi connectivity index (χ0n) is 21.2. The van der Waals surface area contributed by atoms with Gasteiger partial charge >= 0.3 is 0 Å². The van der Waals surface area contributed by atoms with Crippen LogP contribution < -0.4 is 15.2 Å². The molecule has 0 saturated carbocycles. The largest absolute Gasteiger partial charge is 0.485 e. The number of aliphatic hydroxyl groups is 2. The lowest BCUT2D eigenvalue weighted by Gasteiger charge is -2.11. The molecule has 10 nitrogen and oxygen atoms in total. The number of aryl methyl sites for hydroxylation is 1. The fraction of sp³-hybridized carbons (Fsp3) is 0.172. The molecule has 2 aromatic heterocycles. The van der Waals surface area contributed by atoms with Crippen molar-refractivity contribution in [3.63, 3.8) is 0 Å². The third-order valence-corrected chi connectivity index (χ3v) is 6.60. The number of nitrogens with two attached hydrogens (primary N) is 1. The molecule has 0 aliphatic rings. The van der Waals surface area contributed by atoms with Crippen LogP contribution in [0.4, 0.5) is 0 Å². The standard InChI is InChI=1S/C29H25ClN4O6/c30-19-4-3-17-12-27(23(29(31)38)11-18(17)10-19)39-16-26(37)24-14-34(9-7-20(36)15-35)25-13-21(5-6-22(24)25)40-28-2-1-8-32-33-28/h1-6,8,10-14,20,35-36H,7,9,15-16H2,(H2,31,38)/t20-/m1/s1. The number of aliphatic hydroxyl groups excluding tert-OH is 2. The monoisotopic (exact) mass is 560 g/mol. The first-order valence-electron chi connectivity index (χ1n) is 12.4. The molecule has 2 heterocycles. The van der Waals surface area contributed by atoms with Crippen LogP contribution in [0.2, 0.25) is 5.02 Å². The Morgan fingerprint density at radius 3 is 2.65 bits per heavy atom. The van der Waals surface area contributed by atoms with Crippen molar-refractivity contribution in [3.8, 4) is 17.4 Å². The van der Waals surface area contributed by atoms with Crippen LogP contribution in [0.25, 0.3) is 21.7 Å². The lowest BCUT2D eigenvalue weighted by atomic mass is 10.1. The van der Waals surface area contributed by atoms with E-state index in [2.05, 4.69) is 10.2 Å². The topological polar surface area (TPSA) is 150 Å². The molecule has 5 aromatic rings. The molecule has 1 atom stereocenters. The van der Waals surface area contributed by atoms with Crippen LogP contribution in [0.5, 0.6) is 17.4 Å². The van der Waals surface area contributed by atoms with Gasteiger partial charge in [0.15, 0.2) is 6.61 Å². The van der Waals surface area contributed by atoms with E-state index in [1.165, 1.54) is 6.20 Å². The Balaban J connectivity index is 1.44. The summed E-state index contributed by atoms with van der Waals surface area (Å²) in [7, 11) is 0. The quantitative estimate of drug-likeness (QED) is 0.204. The van der Waals surface area contributed by atoms with E-state index in [1.54, 1.807) is 71.4 Å². The lowest BCUT2D eigenvalue weighted by Crippen LogP contribution is -2.17. The van der Waals surface area contributed by atoms with Gasteiger partial charge in [0.1, 0.15) is 11.5 Å². The third-order valence-electron chi connectivity index (χ3n) is 6.36. The summed E-state index contributed by atoms with van der Waals surface area (Å²) < 4.78 is 13.4. The summed E-state index contributed by atoms with van der Waals surface area (Å²) in [6.07, 6.45) is 2.56. The average Bonchev–Trinajstić information content (AvgIpc) is 3.32. The molecule has 0 radical (unpaired) electrons. The van der Waals surface area contributed by atoms with Crippen LogP contribution in [-0.2, 0) is 6.54 Å². The van der Waals surface area contributed by atoms with Gasteiger partial charge in [-0.2, -0.15) is 5.10 Å². The summed E-state index contributed by atoms with van der Waals surface area (Å²) in [6.45, 7) is -0.393. The van der Waals surface area contributed by atoms with E-state index >= 15 is 0 Å². The van der Waals surface area contributed by atoms with Gasteiger partial charge in [0.2, 0.25) is 11.7 Å². The van der Waals surface area contributed by atoms with Gasteiger partial charge in [0.25, 0.3) is 5.91 Å².